The first kappa shape index (κ1) is 21.1. The Morgan fingerprint density at radius 1 is 1.20 bits per heavy atom. The predicted molar refractivity (Wildman–Crippen MR) is 113 cm³/mol. The van der Waals surface area contributed by atoms with Crippen molar-refractivity contribution in [3.8, 4) is 5.75 Å². The molecule has 30 heavy (non-hydrogen) atoms. The molecule has 1 aromatic rings. The molecule has 2 unspecified atom stereocenters. The quantitative estimate of drug-likeness (QED) is 0.622. The fourth-order valence-corrected chi connectivity index (χ4v) is 6.50. The van der Waals surface area contributed by atoms with Crippen LogP contribution in [0.25, 0.3) is 0 Å². The zero-order valence-electron chi connectivity index (χ0n) is 17.1. The van der Waals surface area contributed by atoms with Gasteiger partial charge in [-0.3, -0.25) is 14.5 Å². The molecule has 4 rings (SSSR count). The van der Waals surface area contributed by atoms with Gasteiger partial charge in [-0.05, 0) is 62.5 Å². The van der Waals surface area contributed by atoms with Gasteiger partial charge in [-0.1, -0.05) is 0 Å². The van der Waals surface area contributed by atoms with Gasteiger partial charge in [-0.25, -0.2) is 8.42 Å². The number of sulfone groups is 1. The number of hydrogen-bond donors (Lipinski definition) is 2. The molecule has 2 N–H and O–H groups in total. The van der Waals surface area contributed by atoms with E-state index < -0.39 is 9.84 Å². The Morgan fingerprint density at radius 3 is 2.80 bits per heavy atom. The van der Waals surface area contributed by atoms with Gasteiger partial charge in [0.05, 0.1) is 24.2 Å². The van der Waals surface area contributed by atoms with Gasteiger partial charge in [0.15, 0.2) is 9.84 Å². The SMILES string of the molecule is O=C1CCc2cc(OCCCC(=O)NC3CS(=O)(=O)CC3N3CCCC3)ccc2N1. The summed E-state index contributed by atoms with van der Waals surface area (Å²) in [5.41, 5.74) is 1.89. The minimum atomic E-state index is -3.11. The average molecular weight is 436 g/mol. The zero-order chi connectivity index (χ0) is 21.1. The first-order valence-electron chi connectivity index (χ1n) is 10.7. The molecule has 9 heteroatoms. The number of anilines is 1. The Balaban J connectivity index is 1.22. The number of fused-ring (bicyclic) bond motifs is 1. The lowest BCUT2D eigenvalue weighted by molar-refractivity contribution is -0.122. The minimum absolute atomic E-state index is 0.0298. The van der Waals surface area contributed by atoms with Crippen LogP contribution in [-0.2, 0) is 25.8 Å². The summed E-state index contributed by atoms with van der Waals surface area (Å²) in [5, 5.41) is 5.79. The maximum absolute atomic E-state index is 12.4. The standard InChI is InChI=1S/C21H29N3O5S/c25-20(23-18-13-30(27,28)14-19(18)24-9-1-2-10-24)4-3-11-29-16-6-7-17-15(12-16)5-8-21(26)22-17/h6-7,12,18-19H,1-5,8-11,13-14H2,(H,22,26)(H,23,25). The molecular weight excluding hydrogens is 406 g/mol. The lowest BCUT2D eigenvalue weighted by Gasteiger charge is -2.28. The molecule has 164 valence electrons. The normalized spacial score (nSPS) is 25.5. The lowest BCUT2D eigenvalue weighted by Crippen LogP contribution is -2.50. The summed E-state index contributed by atoms with van der Waals surface area (Å²) >= 11 is 0. The summed E-state index contributed by atoms with van der Waals surface area (Å²) in [6.45, 7) is 2.22. The average Bonchev–Trinajstić information content (AvgIpc) is 3.32. The minimum Gasteiger partial charge on any atom is -0.494 e. The van der Waals surface area contributed by atoms with E-state index in [1.54, 1.807) is 0 Å². The molecule has 0 bridgehead atoms. The second kappa shape index (κ2) is 8.93. The number of hydrogen-bond acceptors (Lipinski definition) is 6. The van der Waals surface area contributed by atoms with Crippen molar-refractivity contribution in [3.63, 3.8) is 0 Å². The smallest absolute Gasteiger partial charge is 0.224 e. The number of ether oxygens (including phenoxy) is 1. The van der Waals surface area contributed by atoms with E-state index in [-0.39, 0.29) is 35.4 Å². The maximum atomic E-state index is 12.4. The van der Waals surface area contributed by atoms with Gasteiger partial charge in [-0.2, -0.15) is 0 Å². The number of aryl methyl sites for hydroxylation is 1. The van der Waals surface area contributed by atoms with Gasteiger partial charge in [0, 0.05) is 24.6 Å². The number of benzene rings is 1. The number of carbonyl (C=O) groups excluding carboxylic acids is 2. The van der Waals surface area contributed by atoms with E-state index in [1.807, 2.05) is 18.2 Å². The molecule has 1 aromatic carbocycles. The van der Waals surface area contributed by atoms with E-state index in [0.29, 0.717) is 32.3 Å². The van der Waals surface area contributed by atoms with Crippen molar-refractivity contribution >= 4 is 27.3 Å². The maximum Gasteiger partial charge on any atom is 0.224 e. The van der Waals surface area contributed by atoms with Crippen LogP contribution < -0.4 is 15.4 Å². The Morgan fingerprint density at radius 2 is 2.00 bits per heavy atom. The van der Waals surface area contributed by atoms with Gasteiger partial charge < -0.3 is 15.4 Å². The monoisotopic (exact) mass is 435 g/mol. The number of nitrogens with one attached hydrogen (secondary N) is 2. The first-order valence-corrected chi connectivity index (χ1v) is 12.5. The Kier molecular flexibility index (Phi) is 6.29. The first-order chi connectivity index (χ1) is 14.4. The number of amides is 2. The van der Waals surface area contributed by atoms with Gasteiger partial charge >= 0.3 is 0 Å². The highest BCUT2D eigenvalue weighted by atomic mass is 32.2. The largest absolute Gasteiger partial charge is 0.494 e. The molecule has 2 saturated heterocycles. The van der Waals surface area contributed by atoms with E-state index in [4.69, 9.17) is 4.74 Å². The topological polar surface area (TPSA) is 105 Å². The highest BCUT2D eigenvalue weighted by molar-refractivity contribution is 7.91. The van der Waals surface area contributed by atoms with Crippen LogP contribution in [0.3, 0.4) is 0 Å². The zero-order valence-corrected chi connectivity index (χ0v) is 17.9. The van der Waals surface area contributed by atoms with Gasteiger partial charge in [0.1, 0.15) is 5.75 Å². The van der Waals surface area contributed by atoms with Gasteiger partial charge in [0.25, 0.3) is 0 Å². The molecule has 8 nitrogen and oxygen atoms in total. The van der Waals surface area contributed by atoms with Crippen LogP contribution in [-0.4, -0.2) is 68.4 Å². The molecule has 2 amide bonds. The fourth-order valence-electron chi connectivity index (χ4n) is 4.55. The number of likely N-dealkylation sites (tertiary alicyclic amines) is 1. The van der Waals surface area contributed by atoms with Crippen LogP contribution in [0.4, 0.5) is 5.69 Å². The Labute approximate surface area is 177 Å². The van der Waals surface area contributed by atoms with Crippen molar-refractivity contribution in [1.29, 1.82) is 0 Å². The van der Waals surface area contributed by atoms with E-state index in [9.17, 15) is 18.0 Å². The Bertz CT molecular complexity index is 911. The van der Waals surface area contributed by atoms with Crippen LogP contribution in [0, 0.1) is 0 Å². The summed E-state index contributed by atoms with van der Waals surface area (Å²) in [5.74, 6) is 0.797. The number of nitrogens with zero attached hydrogens (tertiary/aromatic N) is 1. The van der Waals surface area contributed by atoms with E-state index in [0.717, 1.165) is 42.9 Å². The molecule has 0 aromatic heterocycles. The molecule has 3 aliphatic rings. The molecule has 0 radical (unpaired) electrons. The van der Waals surface area contributed by atoms with E-state index >= 15 is 0 Å². The summed E-state index contributed by atoms with van der Waals surface area (Å²) in [6, 6.07) is 5.16. The van der Waals surface area contributed by atoms with Crippen molar-refractivity contribution in [2.75, 3.05) is 36.5 Å². The van der Waals surface area contributed by atoms with Crippen molar-refractivity contribution in [3.05, 3.63) is 23.8 Å². The van der Waals surface area contributed by atoms with Crippen LogP contribution in [0.2, 0.25) is 0 Å². The summed E-state index contributed by atoms with van der Waals surface area (Å²) < 4.78 is 30.0. The number of rotatable bonds is 7. The second-order valence-electron chi connectivity index (χ2n) is 8.38. The van der Waals surface area contributed by atoms with E-state index in [1.165, 1.54) is 0 Å². The van der Waals surface area contributed by atoms with Crippen LogP contribution in [0.5, 0.6) is 5.75 Å². The van der Waals surface area contributed by atoms with Gasteiger partial charge in [0.2, 0.25) is 11.8 Å². The lowest BCUT2D eigenvalue weighted by atomic mass is 10.0. The molecule has 2 fully saturated rings. The predicted octanol–water partition coefficient (Wildman–Crippen LogP) is 1.11. The third-order valence-electron chi connectivity index (χ3n) is 6.07. The molecule has 0 spiro atoms. The summed E-state index contributed by atoms with van der Waals surface area (Å²) in [4.78, 5) is 26.0. The Hall–Kier alpha value is -2.13. The van der Waals surface area contributed by atoms with Crippen molar-refractivity contribution < 1.29 is 22.7 Å². The molecule has 0 aliphatic carbocycles. The third-order valence-corrected chi connectivity index (χ3v) is 7.78. The van der Waals surface area contributed by atoms with Crippen molar-refractivity contribution in [2.24, 2.45) is 0 Å². The van der Waals surface area contributed by atoms with Crippen LogP contribution in [0.1, 0.15) is 37.7 Å². The highest BCUT2D eigenvalue weighted by Gasteiger charge is 2.42. The van der Waals surface area contributed by atoms with Crippen molar-refractivity contribution in [2.45, 2.75) is 50.6 Å². The molecule has 3 heterocycles. The summed E-state index contributed by atoms with van der Waals surface area (Å²) in [6.07, 6.45) is 4.19. The highest BCUT2D eigenvalue weighted by Crippen LogP contribution is 2.27. The summed E-state index contributed by atoms with van der Waals surface area (Å²) in [7, 11) is -3.11. The van der Waals surface area contributed by atoms with Gasteiger partial charge in [-0.15, -0.1) is 0 Å². The van der Waals surface area contributed by atoms with Crippen LogP contribution in [0.15, 0.2) is 18.2 Å². The van der Waals surface area contributed by atoms with Crippen molar-refractivity contribution in [1.82, 2.24) is 10.2 Å². The van der Waals surface area contributed by atoms with E-state index in [2.05, 4.69) is 15.5 Å². The molecule has 2 atom stereocenters. The molecule has 3 aliphatic heterocycles. The third kappa shape index (κ3) is 5.13. The van der Waals surface area contributed by atoms with Crippen LogP contribution >= 0.6 is 0 Å². The fraction of sp³-hybridized carbons (Fsp3) is 0.619. The number of carbonyl (C=O) groups is 2. The molecular formula is C21H29N3O5S. The molecule has 0 saturated carbocycles. The second-order valence-corrected chi connectivity index (χ2v) is 10.5.